The lowest BCUT2D eigenvalue weighted by Gasteiger charge is -2.19. The second kappa shape index (κ2) is 5.40. The van der Waals surface area contributed by atoms with Gasteiger partial charge in [-0.25, -0.2) is 9.36 Å². The predicted molar refractivity (Wildman–Crippen MR) is 79.0 cm³/mol. The fraction of sp³-hybridized carbons (Fsp3) is 0.267. The molecule has 21 heavy (non-hydrogen) atoms. The van der Waals surface area contributed by atoms with Crippen LogP contribution < -0.4 is 5.32 Å². The van der Waals surface area contributed by atoms with Crippen LogP contribution in [0, 0.1) is 0 Å². The van der Waals surface area contributed by atoms with Gasteiger partial charge < -0.3 is 14.9 Å². The average molecular weight is 290 g/mol. The zero-order valence-corrected chi connectivity index (χ0v) is 12.1. The first-order chi connectivity index (χ1) is 9.78. The molecule has 1 amide bonds. The minimum absolute atomic E-state index is 0.0746. The van der Waals surface area contributed by atoms with Gasteiger partial charge in [0.15, 0.2) is 0 Å². The van der Waals surface area contributed by atoms with Crippen LogP contribution in [0.3, 0.4) is 0 Å². The van der Waals surface area contributed by atoms with E-state index >= 15 is 0 Å². The Bertz CT molecular complexity index is 642. The monoisotopic (exact) mass is 290 g/mol. The van der Waals surface area contributed by atoms with Crippen molar-refractivity contribution in [1.82, 2.24) is 4.57 Å². The lowest BCUT2D eigenvalue weighted by atomic mass is 10.2. The van der Waals surface area contributed by atoms with Gasteiger partial charge in [0.2, 0.25) is 11.8 Å². The third-order valence-electron chi connectivity index (χ3n) is 2.61. The molecule has 0 saturated heterocycles. The van der Waals surface area contributed by atoms with Gasteiger partial charge in [0.05, 0.1) is 5.69 Å². The van der Waals surface area contributed by atoms with E-state index in [0.29, 0.717) is 5.69 Å². The maximum absolute atomic E-state index is 11.7. The highest BCUT2D eigenvalue weighted by Gasteiger charge is 2.21. The standard InChI is InChI=1S/C15H18N2O4/c1-15(2,3)21-14(20)16-11-9-12(18)17(13(11)19)10-7-5-4-6-8-10/h4-9,18-19H,1-3H3,(H,16,20). The molecule has 1 aromatic heterocycles. The highest BCUT2D eigenvalue weighted by atomic mass is 16.6. The predicted octanol–water partition coefficient (Wildman–Crippen LogP) is 3.24. The van der Waals surface area contributed by atoms with E-state index in [1.54, 1.807) is 45.0 Å². The summed E-state index contributed by atoms with van der Waals surface area (Å²) in [5.74, 6) is -0.464. The molecule has 0 aliphatic carbocycles. The van der Waals surface area contributed by atoms with Crippen LogP contribution in [-0.2, 0) is 4.74 Å². The molecule has 6 nitrogen and oxygen atoms in total. The molecular weight excluding hydrogens is 272 g/mol. The number of amides is 1. The van der Waals surface area contributed by atoms with Gasteiger partial charge >= 0.3 is 6.09 Å². The molecule has 0 aliphatic heterocycles. The van der Waals surface area contributed by atoms with Crippen LogP contribution >= 0.6 is 0 Å². The van der Waals surface area contributed by atoms with Gasteiger partial charge in [-0.15, -0.1) is 0 Å². The van der Waals surface area contributed by atoms with Gasteiger partial charge in [-0.1, -0.05) is 18.2 Å². The number of anilines is 1. The van der Waals surface area contributed by atoms with Crippen LogP contribution in [0.2, 0.25) is 0 Å². The van der Waals surface area contributed by atoms with Gasteiger partial charge in [0, 0.05) is 6.07 Å². The van der Waals surface area contributed by atoms with Crippen molar-refractivity contribution in [3.05, 3.63) is 36.4 Å². The molecule has 0 fully saturated rings. The molecule has 0 spiro atoms. The first kappa shape index (κ1) is 14.8. The SMILES string of the molecule is CC(C)(C)OC(=O)Nc1cc(O)n(-c2ccccc2)c1O. The number of ether oxygens (including phenoxy) is 1. The number of nitrogens with zero attached hydrogens (tertiary/aromatic N) is 1. The van der Waals surface area contributed by atoms with Crippen molar-refractivity contribution in [2.75, 3.05) is 5.32 Å². The zero-order chi connectivity index (χ0) is 15.6. The van der Waals surface area contributed by atoms with E-state index in [-0.39, 0.29) is 17.4 Å². The van der Waals surface area contributed by atoms with Gasteiger partial charge in [-0.2, -0.15) is 0 Å². The number of rotatable bonds is 2. The Morgan fingerprint density at radius 3 is 2.38 bits per heavy atom. The fourth-order valence-electron chi connectivity index (χ4n) is 1.82. The molecule has 3 N–H and O–H groups in total. The first-order valence-electron chi connectivity index (χ1n) is 6.47. The Labute approximate surface area is 122 Å². The second-order valence-electron chi connectivity index (χ2n) is 5.54. The van der Waals surface area contributed by atoms with E-state index in [2.05, 4.69) is 5.32 Å². The van der Waals surface area contributed by atoms with Crippen molar-refractivity contribution in [2.24, 2.45) is 0 Å². The number of aromatic hydroxyl groups is 2. The van der Waals surface area contributed by atoms with E-state index in [1.165, 1.54) is 10.6 Å². The van der Waals surface area contributed by atoms with Gasteiger partial charge in [0.25, 0.3) is 0 Å². The van der Waals surface area contributed by atoms with Gasteiger partial charge in [0.1, 0.15) is 11.3 Å². The first-order valence-corrected chi connectivity index (χ1v) is 6.47. The number of nitrogens with one attached hydrogen (secondary N) is 1. The largest absolute Gasteiger partial charge is 0.494 e. The van der Waals surface area contributed by atoms with Crippen molar-refractivity contribution in [3.8, 4) is 17.4 Å². The Morgan fingerprint density at radius 1 is 1.19 bits per heavy atom. The molecule has 0 radical (unpaired) electrons. The number of carbonyl (C=O) groups is 1. The van der Waals surface area contributed by atoms with Crippen LogP contribution in [0.15, 0.2) is 36.4 Å². The Balaban J connectivity index is 2.26. The molecule has 0 atom stereocenters. The number of carbonyl (C=O) groups excluding carboxylic acids is 1. The molecule has 1 heterocycles. The molecular formula is C15H18N2O4. The number of benzene rings is 1. The molecule has 2 aromatic rings. The van der Waals surface area contributed by atoms with E-state index in [0.717, 1.165) is 0 Å². The molecule has 0 bridgehead atoms. The molecule has 0 unspecified atom stereocenters. The van der Waals surface area contributed by atoms with Gasteiger partial charge in [-0.05, 0) is 32.9 Å². The second-order valence-corrected chi connectivity index (χ2v) is 5.54. The maximum atomic E-state index is 11.7. The van der Waals surface area contributed by atoms with E-state index in [9.17, 15) is 15.0 Å². The summed E-state index contributed by atoms with van der Waals surface area (Å²) in [5, 5.41) is 22.5. The maximum Gasteiger partial charge on any atom is 0.412 e. The van der Waals surface area contributed by atoms with Gasteiger partial charge in [-0.3, -0.25) is 5.32 Å². The van der Waals surface area contributed by atoms with Crippen LogP contribution in [-0.4, -0.2) is 26.5 Å². The summed E-state index contributed by atoms with van der Waals surface area (Å²) >= 11 is 0. The Morgan fingerprint density at radius 2 is 1.81 bits per heavy atom. The summed E-state index contributed by atoms with van der Waals surface area (Å²) in [7, 11) is 0. The van der Waals surface area contributed by atoms with Crippen LogP contribution in [0.1, 0.15) is 20.8 Å². The fourth-order valence-corrected chi connectivity index (χ4v) is 1.82. The van der Waals surface area contributed by atoms with Crippen LogP contribution in [0.5, 0.6) is 11.8 Å². The number of hydrogen-bond donors (Lipinski definition) is 3. The summed E-state index contributed by atoms with van der Waals surface area (Å²) in [5.41, 5.74) is -0.000600. The molecule has 0 aliphatic rings. The summed E-state index contributed by atoms with van der Waals surface area (Å²) in [4.78, 5) is 11.7. The van der Waals surface area contributed by atoms with Crippen molar-refractivity contribution >= 4 is 11.8 Å². The van der Waals surface area contributed by atoms with E-state index < -0.39 is 11.7 Å². The number of aromatic nitrogens is 1. The summed E-state index contributed by atoms with van der Waals surface area (Å²) in [6, 6.07) is 10.1. The lowest BCUT2D eigenvalue weighted by Crippen LogP contribution is -2.27. The smallest absolute Gasteiger partial charge is 0.412 e. The van der Waals surface area contributed by atoms with Crippen molar-refractivity contribution in [1.29, 1.82) is 0 Å². The number of hydrogen-bond acceptors (Lipinski definition) is 4. The minimum atomic E-state index is -0.706. The summed E-state index contributed by atoms with van der Waals surface area (Å²) in [6.45, 7) is 5.21. The van der Waals surface area contributed by atoms with E-state index in [4.69, 9.17) is 4.74 Å². The van der Waals surface area contributed by atoms with Crippen molar-refractivity contribution < 1.29 is 19.7 Å². The Kier molecular flexibility index (Phi) is 3.80. The number of para-hydroxylation sites is 1. The summed E-state index contributed by atoms with van der Waals surface area (Å²) < 4.78 is 6.31. The average Bonchev–Trinajstić information content (AvgIpc) is 2.63. The molecule has 2 rings (SSSR count). The molecule has 112 valence electrons. The zero-order valence-electron chi connectivity index (χ0n) is 12.1. The molecule has 6 heteroatoms. The van der Waals surface area contributed by atoms with Crippen molar-refractivity contribution in [3.63, 3.8) is 0 Å². The van der Waals surface area contributed by atoms with E-state index in [1.807, 2.05) is 6.07 Å². The normalized spacial score (nSPS) is 11.2. The summed E-state index contributed by atoms with van der Waals surface area (Å²) in [6.07, 6.45) is -0.706. The van der Waals surface area contributed by atoms with Crippen LogP contribution in [0.25, 0.3) is 5.69 Å². The molecule has 0 saturated carbocycles. The highest BCUT2D eigenvalue weighted by Crippen LogP contribution is 2.35. The minimum Gasteiger partial charge on any atom is -0.494 e. The quantitative estimate of drug-likeness (QED) is 0.792. The third-order valence-corrected chi connectivity index (χ3v) is 2.61. The molecule has 1 aromatic carbocycles. The third kappa shape index (κ3) is 3.47. The van der Waals surface area contributed by atoms with Crippen LogP contribution in [0.4, 0.5) is 10.5 Å². The topological polar surface area (TPSA) is 83.7 Å². The van der Waals surface area contributed by atoms with Crippen molar-refractivity contribution in [2.45, 2.75) is 26.4 Å². The highest BCUT2D eigenvalue weighted by molar-refractivity contribution is 5.87. The Hall–Kier alpha value is -2.63. The lowest BCUT2D eigenvalue weighted by molar-refractivity contribution is 0.0635.